The summed E-state index contributed by atoms with van der Waals surface area (Å²) in [4.78, 5) is 0. The predicted octanol–water partition coefficient (Wildman–Crippen LogP) is 6.70. The molecule has 0 saturated carbocycles. The molecule has 0 bridgehead atoms. The van der Waals surface area contributed by atoms with Crippen LogP contribution in [0.2, 0.25) is 0 Å². The Morgan fingerprint density at radius 2 is 1.15 bits per heavy atom. The van der Waals surface area contributed by atoms with Crippen LogP contribution >= 0.6 is 0 Å². The van der Waals surface area contributed by atoms with Gasteiger partial charge in [0, 0.05) is 17.5 Å². The number of halogens is 3. The average Bonchev–Trinajstić information content (AvgIpc) is 2.63. The minimum atomic E-state index is -4.05. The third kappa shape index (κ3) is 7.78. The second-order valence-corrected chi connectivity index (χ2v) is 6.57. The van der Waals surface area contributed by atoms with E-state index in [9.17, 15) is 13.2 Å². The van der Waals surface area contributed by atoms with E-state index >= 15 is 0 Å². The van der Waals surface area contributed by atoms with Crippen LogP contribution in [0.4, 0.5) is 13.2 Å². The highest BCUT2D eigenvalue weighted by Gasteiger charge is 2.25. The molecule has 2 rings (SSSR count). The normalized spacial score (nSPS) is 11.1. The van der Waals surface area contributed by atoms with Crippen LogP contribution in [0.1, 0.15) is 61.3 Å². The standard InChI is InChI=1S/C23H25F3/c1-2-3-6-19-8-12-21(13-9-19)16-17-22-14-10-20(11-15-22)7-4-5-18-23(24,25)26/h8-15H,2-7,18H2,1H3. The van der Waals surface area contributed by atoms with Crippen molar-refractivity contribution in [1.82, 2.24) is 0 Å². The van der Waals surface area contributed by atoms with E-state index in [-0.39, 0.29) is 6.42 Å². The molecule has 0 spiro atoms. The molecule has 0 unspecified atom stereocenters. The first kappa shape index (κ1) is 20.1. The Morgan fingerprint density at radius 3 is 1.58 bits per heavy atom. The van der Waals surface area contributed by atoms with Gasteiger partial charge in [0.1, 0.15) is 0 Å². The molecule has 2 aromatic rings. The summed E-state index contributed by atoms with van der Waals surface area (Å²) in [7, 11) is 0. The number of unbranched alkanes of at least 4 members (excludes halogenated alkanes) is 2. The summed E-state index contributed by atoms with van der Waals surface area (Å²) in [5.74, 6) is 6.30. The zero-order chi connectivity index (χ0) is 18.8. The van der Waals surface area contributed by atoms with Crippen LogP contribution in [0.5, 0.6) is 0 Å². The fraction of sp³-hybridized carbons (Fsp3) is 0.391. The van der Waals surface area contributed by atoms with Crippen molar-refractivity contribution in [3.8, 4) is 11.8 Å². The highest BCUT2D eigenvalue weighted by Crippen LogP contribution is 2.22. The van der Waals surface area contributed by atoms with E-state index in [1.54, 1.807) is 0 Å². The van der Waals surface area contributed by atoms with Gasteiger partial charge in [-0.3, -0.25) is 0 Å². The van der Waals surface area contributed by atoms with Crippen molar-refractivity contribution >= 4 is 0 Å². The number of hydrogen-bond donors (Lipinski definition) is 0. The predicted molar refractivity (Wildman–Crippen MR) is 101 cm³/mol. The van der Waals surface area contributed by atoms with E-state index in [4.69, 9.17) is 0 Å². The molecule has 0 heterocycles. The lowest BCUT2D eigenvalue weighted by Gasteiger charge is -2.05. The highest BCUT2D eigenvalue weighted by atomic mass is 19.4. The molecular weight excluding hydrogens is 333 g/mol. The summed E-state index contributed by atoms with van der Waals surface area (Å²) >= 11 is 0. The first-order valence-corrected chi connectivity index (χ1v) is 9.23. The second-order valence-electron chi connectivity index (χ2n) is 6.57. The van der Waals surface area contributed by atoms with Gasteiger partial charge in [-0.25, -0.2) is 0 Å². The fourth-order valence-electron chi connectivity index (χ4n) is 2.69. The maximum atomic E-state index is 12.1. The van der Waals surface area contributed by atoms with Gasteiger partial charge in [-0.15, -0.1) is 0 Å². The van der Waals surface area contributed by atoms with Gasteiger partial charge < -0.3 is 0 Å². The van der Waals surface area contributed by atoms with E-state index in [1.807, 2.05) is 36.4 Å². The van der Waals surface area contributed by atoms with Gasteiger partial charge in [-0.05, 0) is 67.5 Å². The molecule has 0 aliphatic heterocycles. The summed E-state index contributed by atoms with van der Waals surface area (Å²) in [6.45, 7) is 2.19. The summed E-state index contributed by atoms with van der Waals surface area (Å²) in [5.41, 5.74) is 4.30. The molecule has 0 atom stereocenters. The van der Waals surface area contributed by atoms with Crippen molar-refractivity contribution < 1.29 is 13.2 Å². The lowest BCUT2D eigenvalue weighted by atomic mass is 10.0. The summed E-state index contributed by atoms with van der Waals surface area (Å²) < 4.78 is 36.4. The van der Waals surface area contributed by atoms with Crippen LogP contribution in [0.3, 0.4) is 0 Å². The van der Waals surface area contributed by atoms with Gasteiger partial charge in [-0.1, -0.05) is 49.5 Å². The third-order valence-corrected chi connectivity index (χ3v) is 4.25. The van der Waals surface area contributed by atoms with E-state index in [2.05, 4.69) is 30.9 Å². The van der Waals surface area contributed by atoms with Crippen LogP contribution in [-0.2, 0) is 12.8 Å². The number of benzene rings is 2. The maximum absolute atomic E-state index is 12.1. The fourth-order valence-corrected chi connectivity index (χ4v) is 2.69. The molecule has 0 radical (unpaired) electrons. The monoisotopic (exact) mass is 358 g/mol. The van der Waals surface area contributed by atoms with Gasteiger partial charge in [-0.2, -0.15) is 13.2 Å². The lowest BCUT2D eigenvalue weighted by molar-refractivity contribution is -0.135. The third-order valence-electron chi connectivity index (χ3n) is 4.25. The minimum absolute atomic E-state index is 0.180. The molecule has 3 heteroatoms. The maximum Gasteiger partial charge on any atom is 0.389 e. The Hall–Kier alpha value is -2.21. The number of aryl methyl sites for hydroxylation is 2. The van der Waals surface area contributed by atoms with Crippen LogP contribution in [0.15, 0.2) is 48.5 Å². The topological polar surface area (TPSA) is 0 Å². The molecule has 0 nitrogen and oxygen atoms in total. The van der Waals surface area contributed by atoms with E-state index < -0.39 is 12.6 Å². The highest BCUT2D eigenvalue weighted by molar-refractivity contribution is 5.44. The smallest absolute Gasteiger partial charge is 0.171 e. The Kier molecular flexibility index (Phi) is 7.78. The zero-order valence-corrected chi connectivity index (χ0v) is 15.2. The summed E-state index contributed by atoms with van der Waals surface area (Å²) in [6, 6.07) is 16.1. The van der Waals surface area contributed by atoms with Crippen LogP contribution in [0, 0.1) is 11.8 Å². The SMILES string of the molecule is CCCCc1ccc(C#Cc2ccc(CCCCC(F)(F)F)cc2)cc1. The first-order chi connectivity index (χ1) is 12.5. The summed E-state index contributed by atoms with van der Waals surface area (Å²) in [6.07, 6.45) is 0.154. The lowest BCUT2D eigenvalue weighted by Crippen LogP contribution is -2.06. The molecule has 0 N–H and O–H groups in total. The molecule has 0 aliphatic rings. The average molecular weight is 358 g/mol. The van der Waals surface area contributed by atoms with Gasteiger partial charge in [0.15, 0.2) is 0 Å². The van der Waals surface area contributed by atoms with E-state index in [0.29, 0.717) is 12.8 Å². The van der Waals surface area contributed by atoms with Gasteiger partial charge in [0.2, 0.25) is 0 Å². The van der Waals surface area contributed by atoms with Crippen LogP contribution in [0.25, 0.3) is 0 Å². The zero-order valence-electron chi connectivity index (χ0n) is 15.2. The molecule has 0 amide bonds. The van der Waals surface area contributed by atoms with Crippen LogP contribution in [-0.4, -0.2) is 6.18 Å². The van der Waals surface area contributed by atoms with Crippen molar-refractivity contribution in [2.24, 2.45) is 0 Å². The Bertz CT molecular complexity index is 713. The molecule has 26 heavy (non-hydrogen) atoms. The van der Waals surface area contributed by atoms with Gasteiger partial charge in [0.05, 0.1) is 0 Å². The van der Waals surface area contributed by atoms with Crippen LogP contribution < -0.4 is 0 Å². The van der Waals surface area contributed by atoms with Crippen molar-refractivity contribution in [2.75, 3.05) is 0 Å². The second kappa shape index (κ2) is 10.1. The quantitative estimate of drug-likeness (QED) is 0.381. The Labute approximate surface area is 154 Å². The number of alkyl halides is 3. The van der Waals surface area contributed by atoms with Crippen molar-refractivity contribution in [2.45, 2.75) is 58.0 Å². The molecule has 0 aromatic heterocycles. The van der Waals surface area contributed by atoms with Crippen molar-refractivity contribution in [3.05, 3.63) is 70.8 Å². The van der Waals surface area contributed by atoms with E-state index in [1.165, 1.54) is 18.4 Å². The van der Waals surface area contributed by atoms with Crippen molar-refractivity contribution in [1.29, 1.82) is 0 Å². The van der Waals surface area contributed by atoms with Gasteiger partial charge >= 0.3 is 6.18 Å². The number of hydrogen-bond acceptors (Lipinski definition) is 0. The molecule has 0 aliphatic carbocycles. The number of rotatable bonds is 7. The minimum Gasteiger partial charge on any atom is -0.171 e. The summed E-state index contributed by atoms with van der Waals surface area (Å²) in [5, 5.41) is 0. The molecule has 2 aromatic carbocycles. The van der Waals surface area contributed by atoms with E-state index in [0.717, 1.165) is 23.1 Å². The Morgan fingerprint density at radius 1 is 0.692 bits per heavy atom. The van der Waals surface area contributed by atoms with Gasteiger partial charge in [0.25, 0.3) is 0 Å². The van der Waals surface area contributed by atoms with Crippen molar-refractivity contribution in [3.63, 3.8) is 0 Å². The molecular formula is C23H25F3. The Balaban J connectivity index is 1.84. The molecule has 138 valence electrons. The first-order valence-electron chi connectivity index (χ1n) is 9.23. The molecule has 0 fully saturated rings. The largest absolute Gasteiger partial charge is 0.389 e. The molecule has 0 saturated heterocycles.